The van der Waals surface area contributed by atoms with Gasteiger partial charge in [0.05, 0.1) is 24.3 Å². The first-order chi connectivity index (χ1) is 9.49. The molecule has 0 amide bonds. The van der Waals surface area contributed by atoms with Crippen LogP contribution in [0.4, 0.5) is 4.39 Å². The Hall–Kier alpha value is -2.09. The van der Waals surface area contributed by atoms with Crippen LogP contribution < -0.4 is 9.47 Å². The molecular weight excluding hydrogens is 337 g/mol. The van der Waals surface area contributed by atoms with Crippen LogP contribution in [0.3, 0.4) is 0 Å². The molecule has 0 saturated heterocycles. The van der Waals surface area contributed by atoms with Crippen molar-refractivity contribution in [3.8, 4) is 22.8 Å². The fraction of sp³-hybridized carbons (Fsp3) is 0.167. The van der Waals surface area contributed by atoms with Gasteiger partial charge in [0.2, 0.25) is 11.6 Å². The van der Waals surface area contributed by atoms with Crippen LogP contribution in [0.2, 0.25) is 0 Å². The molecule has 8 heteroatoms. The highest BCUT2D eigenvalue weighted by atomic mass is 79.9. The van der Waals surface area contributed by atoms with Crippen molar-refractivity contribution in [3.05, 3.63) is 28.2 Å². The van der Waals surface area contributed by atoms with Crippen LogP contribution in [0.15, 0.2) is 21.1 Å². The van der Waals surface area contributed by atoms with Gasteiger partial charge in [-0.05, 0) is 22.0 Å². The van der Waals surface area contributed by atoms with Crippen molar-refractivity contribution in [3.63, 3.8) is 0 Å². The second kappa shape index (κ2) is 5.49. The van der Waals surface area contributed by atoms with Gasteiger partial charge in [0, 0.05) is 6.07 Å². The number of nitrogens with zero attached hydrogens (tertiary/aromatic N) is 1. The summed E-state index contributed by atoms with van der Waals surface area (Å²) in [6.07, 6.45) is 0. The van der Waals surface area contributed by atoms with Gasteiger partial charge in [0.1, 0.15) is 5.69 Å². The minimum Gasteiger partial charge on any atom is -0.493 e. The van der Waals surface area contributed by atoms with Crippen molar-refractivity contribution in [1.29, 1.82) is 0 Å². The maximum absolute atomic E-state index is 14.2. The summed E-state index contributed by atoms with van der Waals surface area (Å²) in [7, 11) is 2.61. The van der Waals surface area contributed by atoms with Crippen LogP contribution in [0.1, 0.15) is 10.6 Å². The molecule has 0 atom stereocenters. The van der Waals surface area contributed by atoms with Gasteiger partial charge in [0.25, 0.3) is 0 Å². The second-order valence-electron chi connectivity index (χ2n) is 3.67. The number of methoxy groups -OCH3 is 2. The van der Waals surface area contributed by atoms with E-state index in [4.69, 9.17) is 14.6 Å². The van der Waals surface area contributed by atoms with E-state index in [1.54, 1.807) is 0 Å². The van der Waals surface area contributed by atoms with Gasteiger partial charge in [-0.15, -0.1) is 0 Å². The SMILES string of the molecule is COc1c(Br)cc(-c2cc(C(=O)O)on2)c(OC)c1F. The van der Waals surface area contributed by atoms with Gasteiger partial charge in [-0.25, -0.2) is 4.79 Å². The first-order valence-corrected chi connectivity index (χ1v) is 6.09. The van der Waals surface area contributed by atoms with E-state index in [0.29, 0.717) is 4.47 Å². The summed E-state index contributed by atoms with van der Waals surface area (Å²) >= 11 is 3.16. The summed E-state index contributed by atoms with van der Waals surface area (Å²) in [4.78, 5) is 10.8. The number of halogens is 2. The van der Waals surface area contributed by atoms with E-state index in [-0.39, 0.29) is 28.5 Å². The minimum atomic E-state index is -1.27. The number of ether oxygens (including phenoxy) is 2. The molecule has 6 nitrogen and oxygen atoms in total. The van der Waals surface area contributed by atoms with E-state index in [2.05, 4.69) is 25.6 Å². The summed E-state index contributed by atoms with van der Waals surface area (Å²) < 4.78 is 29.1. The zero-order valence-corrected chi connectivity index (χ0v) is 12.0. The van der Waals surface area contributed by atoms with Crippen molar-refractivity contribution in [2.45, 2.75) is 0 Å². The predicted molar refractivity (Wildman–Crippen MR) is 69.7 cm³/mol. The molecule has 0 aliphatic carbocycles. The number of benzene rings is 1. The Morgan fingerprint density at radius 2 is 2.00 bits per heavy atom. The zero-order valence-electron chi connectivity index (χ0n) is 10.4. The van der Waals surface area contributed by atoms with E-state index in [1.165, 1.54) is 26.4 Å². The summed E-state index contributed by atoms with van der Waals surface area (Å²) in [6.45, 7) is 0. The Bertz CT molecular complexity index is 670. The van der Waals surface area contributed by atoms with Crippen molar-refractivity contribution in [1.82, 2.24) is 5.16 Å². The van der Waals surface area contributed by atoms with Gasteiger partial charge < -0.3 is 19.1 Å². The highest BCUT2D eigenvalue weighted by Crippen LogP contribution is 2.41. The van der Waals surface area contributed by atoms with E-state index in [9.17, 15) is 9.18 Å². The lowest BCUT2D eigenvalue weighted by Gasteiger charge is -2.12. The molecule has 2 aromatic rings. The van der Waals surface area contributed by atoms with E-state index in [0.717, 1.165) is 0 Å². The average Bonchev–Trinajstić information content (AvgIpc) is 2.88. The van der Waals surface area contributed by atoms with Gasteiger partial charge in [-0.3, -0.25) is 0 Å². The van der Waals surface area contributed by atoms with Crippen molar-refractivity contribution in [2.24, 2.45) is 0 Å². The highest BCUT2D eigenvalue weighted by Gasteiger charge is 2.23. The summed E-state index contributed by atoms with van der Waals surface area (Å²) in [5, 5.41) is 12.4. The number of aromatic nitrogens is 1. The lowest BCUT2D eigenvalue weighted by atomic mass is 10.1. The lowest BCUT2D eigenvalue weighted by molar-refractivity contribution is 0.0652. The number of carbonyl (C=O) groups is 1. The lowest BCUT2D eigenvalue weighted by Crippen LogP contribution is -1.97. The van der Waals surface area contributed by atoms with E-state index < -0.39 is 11.8 Å². The third-order valence-corrected chi connectivity index (χ3v) is 3.13. The van der Waals surface area contributed by atoms with Gasteiger partial charge in [-0.2, -0.15) is 4.39 Å². The van der Waals surface area contributed by atoms with Crippen LogP contribution >= 0.6 is 15.9 Å². The molecule has 0 aliphatic heterocycles. The maximum atomic E-state index is 14.2. The molecule has 1 heterocycles. The van der Waals surface area contributed by atoms with Gasteiger partial charge in [-0.1, -0.05) is 5.16 Å². The Labute approximate surface area is 121 Å². The molecule has 0 unspecified atom stereocenters. The van der Waals surface area contributed by atoms with Crippen LogP contribution in [0, 0.1) is 5.82 Å². The molecule has 0 saturated carbocycles. The van der Waals surface area contributed by atoms with Crippen molar-refractivity contribution in [2.75, 3.05) is 14.2 Å². The third kappa shape index (κ3) is 2.34. The predicted octanol–water partition coefficient (Wildman–Crippen LogP) is 2.96. The number of aromatic carboxylic acids is 1. The Kier molecular flexibility index (Phi) is 3.93. The third-order valence-electron chi connectivity index (χ3n) is 2.54. The largest absolute Gasteiger partial charge is 0.493 e. The van der Waals surface area contributed by atoms with Gasteiger partial charge in [0.15, 0.2) is 11.5 Å². The summed E-state index contributed by atoms with van der Waals surface area (Å²) in [6, 6.07) is 2.68. The standard InChI is InChI=1S/C12H9BrFNO5/c1-18-10-5(3-6(13)11(19-2)9(10)14)7-4-8(12(16)17)20-15-7/h3-4H,1-2H3,(H,16,17). The molecule has 0 radical (unpaired) electrons. The van der Waals surface area contributed by atoms with Crippen LogP contribution in [-0.2, 0) is 0 Å². The molecule has 1 N–H and O–H groups in total. The van der Waals surface area contributed by atoms with Crippen molar-refractivity contribution < 1.29 is 28.3 Å². The van der Waals surface area contributed by atoms with Crippen LogP contribution in [-0.4, -0.2) is 30.5 Å². The molecule has 1 aromatic carbocycles. The number of carboxylic acids is 1. The zero-order chi connectivity index (χ0) is 14.9. The number of hydrogen-bond donors (Lipinski definition) is 1. The minimum absolute atomic E-state index is 0.0208. The molecular formula is C12H9BrFNO5. The summed E-state index contributed by atoms with van der Waals surface area (Å²) in [5.74, 6) is -2.48. The Balaban J connectivity index is 2.63. The molecule has 106 valence electrons. The second-order valence-corrected chi connectivity index (χ2v) is 4.52. The van der Waals surface area contributed by atoms with E-state index >= 15 is 0 Å². The van der Waals surface area contributed by atoms with Crippen LogP contribution in [0.25, 0.3) is 11.3 Å². The van der Waals surface area contributed by atoms with Crippen molar-refractivity contribution >= 4 is 21.9 Å². The molecule has 0 spiro atoms. The maximum Gasteiger partial charge on any atom is 0.374 e. The quantitative estimate of drug-likeness (QED) is 0.917. The number of rotatable bonds is 4. The molecule has 20 heavy (non-hydrogen) atoms. The fourth-order valence-corrected chi connectivity index (χ4v) is 2.23. The van der Waals surface area contributed by atoms with Gasteiger partial charge >= 0.3 is 5.97 Å². The fourth-order valence-electron chi connectivity index (χ4n) is 1.66. The molecule has 0 bridgehead atoms. The number of hydrogen-bond acceptors (Lipinski definition) is 5. The first-order valence-electron chi connectivity index (χ1n) is 5.30. The topological polar surface area (TPSA) is 81.8 Å². The highest BCUT2D eigenvalue weighted by molar-refractivity contribution is 9.10. The molecule has 2 rings (SSSR count). The Morgan fingerprint density at radius 1 is 1.35 bits per heavy atom. The Morgan fingerprint density at radius 3 is 2.50 bits per heavy atom. The molecule has 1 aromatic heterocycles. The summed E-state index contributed by atoms with van der Waals surface area (Å²) in [5.41, 5.74) is 0.385. The number of carboxylic acid groups (broad SMARTS) is 1. The average molecular weight is 346 g/mol. The molecule has 0 aliphatic rings. The first kappa shape index (κ1) is 14.3. The van der Waals surface area contributed by atoms with E-state index in [1.807, 2.05) is 0 Å². The molecule has 0 fully saturated rings. The smallest absolute Gasteiger partial charge is 0.374 e. The normalized spacial score (nSPS) is 10.4. The monoisotopic (exact) mass is 345 g/mol. The van der Waals surface area contributed by atoms with Crippen LogP contribution in [0.5, 0.6) is 11.5 Å².